The van der Waals surface area contributed by atoms with Crippen LogP contribution >= 0.6 is 0 Å². The first kappa shape index (κ1) is 22.4. The Labute approximate surface area is 175 Å². The molecule has 0 radical (unpaired) electrons. The van der Waals surface area contributed by atoms with Crippen LogP contribution in [0.4, 0.5) is 5.69 Å². The van der Waals surface area contributed by atoms with Gasteiger partial charge in [0, 0.05) is 12.2 Å². The lowest BCUT2D eigenvalue weighted by Crippen LogP contribution is -2.37. The largest absolute Gasteiger partial charge is 0.484 e. The predicted molar refractivity (Wildman–Crippen MR) is 115 cm³/mol. The smallest absolute Gasteiger partial charge is 0.329 e. The number of nitrogens with zero attached hydrogens (tertiary/aromatic N) is 1. The van der Waals surface area contributed by atoms with Crippen LogP contribution in [-0.2, 0) is 20.8 Å². The van der Waals surface area contributed by atoms with E-state index in [1.807, 2.05) is 31.2 Å². The highest BCUT2D eigenvalue weighted by atomic mass is 16.5. The predicted octanol–water partition coefficient (Wildman–Crippen LogP) is 2.02. The maximum absolute atomic E-state index is 12.2. The molecule has 2 aromatic rings. The third-order valence-electron chi connectivity index (χ3n) is 3.89. The van der Waals surface area contributed by atoms with Crippen molar-refractivity contribution in [3.8, 4) is 5.75 Å². The molecule has 0 saturated heterocycles. The summed E-state index contributed by atoms with van der Waals surface area (Å²) < 4.78 is 5.53. The molecular formula is C22H24N4O4. The molecule has 0 aliphatic heterocycles. The van der Waals surface area contributed by atoms with E-state index >= 15 is 0 Å². The SMILES string of the molecule is C=CCNC(=O)C(=O)N/N=C\c1cccc(OCC(=O)Nc2ccccc2CC)c1. The van der Waals surface area contributed by atoms with E-state index in [0.29, 0.717) is 11.3 Å². The van der Waals surface area contributed by atoms with Crippen LogP contribution in [0.5, 0.6) is 5.75 Å². The van der Waals surface area contributed by atoms with Gasteiger partial charge in [-0.1, -0.05) is 43.3 Å². The average molecular weight is 408 g/mol. The number of carbonyl (C=O) groups is 3. The second-order valence-corrected chi connectivity index (χ2v) is 6.12. The first-order valence-corrected chi connectivity index (χ1v) is 9.36. The van der Waals surface area contributed by atoms with Crippen molar-refractivity contribution in [1.82, 2.24) is 10.7 Å². The van der Waals surface area contributed by atoms with E-state index in [0.717, 1.165) is 17.7 Å². The van der Waals surface area contributed by atoms with E-state index in [1.165, 1.54) is 12.3 Å². The number of amides is 3. The molecule has 156 valence electrons. The number of para-hydroxylation sites is 1. The fourth-order valence-corrected chi connectivity index (χ4v) is 2.43. The number of carbonyl (C=O) groups excluding carboxylic acids is 3. The Morgan fingerprint density at radius 2 is 1.90 bits per heavy atom. The van der Waals surface area contributed by atoms with Gasteiger partial charge in [-0.15, -0.1) is 6.58 Å². The number of rotatable bonds is 9. The molecule has 0 atom stereocenters. The zero-order valence-electron chi connectivity index (χ0n) is 16.7. The van der Waals surface area contributed by atoms with Gasteiger partial charge in [-0.3, -0.25) is 14.4 Å². The lowest BCUT2D eigenvalue weighted by molar-refractivity contribution is -0.139. The van der Waals surface area contributed by atoms with Gasteiger partial charge < -0.3 is 15.4 Å². The minimum atomic E-state index is -0.885. The van der Waals surface area contributed by atoms with Crippen molar-refractivity contribution in [2.75, 3.05) is 18.5 Å². The fraction of sp³-hybridized carbons (Fsp3) is 0.182. The topological polar surface area (TPSA) is 109 Å². The van der Waals surface area contributed by atoms with E-state index in [-0.39, 0.29) is 19.1 Å². The number of hydrogen-bond acceptors (Lipinski definition) is 5. The van der Waals surface area contributed by atoms with Gasteiger partial charge in [0.1, 0.15) is 5.75 Å². The molecule has 2 aromatic carbocycles. The Morgan fingerprint density at radius 1 is 1.10 bits per heavy atom. The third-order valence-corrected chi connectivity index (χ3v) is 3.89. The number of nitrogens with one attached hydrogen (secondary N) is 3. The first-order chi connectivity index (χ1) is 14.5. The molecule has 0 aliphatic rings. The van der Waals surface area contributed by atoms with Crippen molar-refractivity contribution < 1.29 is 19.1 Å². The molecule has 0 aromatic heterocycles. The quantitative estimate of drug-likeness (QED) is 0.255. The Bertz CT molecular complexity index is 940. The molecule has 3 amide bonds. The standard InChI is InChI=1S/C22H24N4O4/c1-3-12-23-21(28)22(29)26-24-14-16-8-7-10-18(13-16)30-15-20(27)25-19-11-6-5-9-17(19)4-2/h3,5-11,13-14H,1,4,12,15H2,2H3,(H,23,28)(H,25,27)(H,26,29)/b24-14-. The second-order valence-electron chi connectivity index (χ2n) is 6.12. The van der Waals surface area contributed by atoms with E-state index in [1.54, 1.807) is 24.3 Å². The van der Waals surface area contributed by atoms with Crippen LogP contribution in [0.25, 0.3) is 0 Å². The highest BCUT2D eigenvalue weighted by molar-refractivity contribution is 6.35. The Kier molecular flexibility index (Phi) is 8.79. The lowest BCUT2D eigenvalue weighted by atomic mass is 10.1. The Balaban J connectivity index is 1.86. The number of benzene rings is 2. The fourth-order valence-electron chi connectivity index (χ4n) is 2.43. The first-order valence-electron chi connectivity index (χ1n) is 9.36. The summed E-state index contributed by atoms with van der Waals surface area (Å²) in [7, 11) is 0. The molecular weight excluding hydrogens is 384 g/mol. The summed E-state index contributed by atoms with van der Waals surface area (Å²) in [5, 5.41) is 8.91. The summed E-state index contributed by atoms with van der Waals surface area (Å²) >= 11 is 0. The van der Waals surface area contributed by atoms with Crippen molar-refractivity contribution in [3.05, 3.63) is 72.3 Å². The van der Waals surface area contributed by atoms with Crippen LogP contribution in [0.1, 0.15) is 18.1 Å². The minimum absolute atomic E-state index is 0.154. The van der Waals surface area contributed by atoms with Crippen molar-refractivity contribution in [2.45, 2.75) is 13.3 Å². The molecule has 30 heavy (non-hydrogen) atoms. The number of anilines is 1. The van der Waals surface area contributed by atoms with Crippen molar-refractivity contribution >= 4 is 29.6 Å². The van der Waals surface area contributed by atoms with Crippen LogP contribution in [0.3, 0.4) is 0 Å². The summed E-state index contributed by atoms with van der Waals surface area (Å²) in [4.78, 5) is 35.1. The zero-order valence-corrected chi connectivity index (χ0v) is 16.7. The van der Waals surface area contributed by atoms with Gasteiger partial charge in [-0.05, 0) is 35.7 Å². The molecule has 0 spiro atoms. The van der Waals surface area contributed by atoms with Crippen molar-refractivity contribution in [2.24, 2.45) is 5.10 Å². The van der Waals surface area contributed by atoms with Crippen LogP contribution in [-0.4, -0.2) is 37.1 Å². The monoisotopic (exact) mass is 408 g/mol. The molecule has 0 unspecified atom stereocenters. The van der Waals surface area contributed by atoms with E-state index in [4.69, 9.17) is 4.74 Å². The Morgan fingerprint density at radius 3 is 2.67 bits per heavy atom. The van der Waals surface area contributed by atoms with E-state index in [9.17, 15) is 14.4 Å². The molecule has 0 aliphatic carbocycles. The van der Waals surface area contributed by atoms with Gasteiger partial charge in [-0.2, -0.15) is 5.10 Å². The van der Waals surface area contributed by atoms with Gasteiger partial charge in [-0.25, -0.2) is 5.43 Å². The Hall–Kier alpha value is -3.94. The molecule has 8 nitrogen and oxygen atoms in total. The molecule has 0 bridgehead atoms. The summed E-state index contributed by atoms with van der Waals surface area (Å²) in [6.07, 6.45) is 3.64. The van der Waals surface area contributed by atoms with Crippen molar-refractivity contribution in [3.63, 3.8) is 0 Å². The summed E-state index contributed by atoms with van der Waals surface area (Å²) in [6.45, 7) is 5.50. The zero-order chi connectivity index (χ0) is 21.8. The number of hydrazone groups is 1. The highest BCUT2D eigenvalue weighted by Gasteiger charge is 2.10. The molecule has 0 saturated carbocycles. The van der Waals surface area contributed by atoms with Crippen LogP contribution in [0, 0.1) is 0 Å². The summed E-state index contributed by atoms with van der Waals surface area (Å²) in [5.74, 6) is -1.50. The maximum Gasteiger partial charge on any atom is 0.329 e. The summed E-state index contributed by atoms with van der Waals surface area (Å²) in [5.41, 5.74) is 4.56. The normalized spacial score (nSPS) is 10.3. The van der Waals surface area contributed by atoms with Gasteiger partial charge in [0.05, 0.1) is 6.21 Å². The third kappa shape index (κ3) is 7.23. The average Bonchev–Trinajstić information content (AvgIpc) is 2.76. The summed E-state index contributed by atoms with van der Waals surface area (Å²) in [6, 6.07) is 14.4. The lowest BCUT2D eigenvalue weighted by Gasteiger charge is -2.10. The minimum Gasteiger partial charge on any atom is -0.484 e. The highest BCUT2D eigenvalue weighted by Crippen LogP contribution is 2.16. The molecule has 0 fully saturated rings. The van der Waals surface area contributed by atoms with E-state index < -0.39 is 11.8 Å². The van der Waals surface area contributed by atoms with Gasteiger partial charge in [0.2, 0.25) is 0 Å². The number of ether oxygens (including phenoxy) is 1. The second kappa shape index (κ2) is 11.8. The van der Waals surface area contributed by atoms with Crippen LogP contribution < -0.4 is 20.8 Å². The van der Waals surface area contributed by atoms with Gasteiger partial charge in [0.15, 0.2) is 6.61 Å². The number of aryl methyl sites for hydroxylation is 1. The van der Waals surface area contributed by atoms with Crippen LogP contribution in [0.15, 0.2) is 66.3 Å². The van der Waals surface area contributed by atoms with E-state index in [2.05, 4.69) is 27.7 Å². The molecule has 2 rings (SSSR count). The maximum atomic E-state index is 12.2. The number of hydrogen-bond donors (Lipinski definition) is 3. The van der Waals surface area contributed by atoms with Gasteiger partial charge in [0.25, 0.3) is 5.91 Å². The van der Waals surface area contributed by atoms with Crippen molar-refractivity contribution in [1.29, 1.82) is 0 Å². The van der Waals surface area contributed by atoms with Gasteiger partial charge >= 0.3 is 11.8 Å². The van der Waals surface area contributed by atoms with Crippen LogP contribution in [0.2, 0.25) is 0 Å². The molecule has 0 heterocycles. The molecule has 8 heteroatoms. The molecule has 3 N–H and O–H groups in total.